The zero-order chi connectivity index (χ0) is 22.2. The predicted molar refractivity (Wildman–Crippen MR) is 124 cm³/mol. The van der Waals surface area contributed by atoms with Crippen LogP contribution in [0.2, 0.25) is 0 Å². The standard InChI is InChI=1S/C27H23N3O2/c1-17-15-18(2)30(29-17)21-10-7-19(8-11-21)13-14-28-27(32)20-9-12-23-22-5-3-4-6-24(22)26(31)25(23)16-20/h3-12,15-16H,13-14H2,1-2H3,(H,28,32). The van der Waals surface area contributed by atoms with E-state index in [2.05, 4.69) is 28.6 Å². The van der Waals surface area contributed by atoms with Crippen LogP contribution < -0.4 is 5.32 Å². The van der Waals surface area contributed by atoms with Gasteiger partial charge in [-0.05, 0) is 67.3 Å². The van der Waals surface area contributed by atoms with E-state index in [-0.39, 0.29) is 11.7 Å². The molecule has 0 spiro atoms. The van der Waals surface area contributed by atoms with Crippen molar-refractivity contribution in [3.63, 3.8) is 0 Å². The number of aryl methyl sites for hydroxylation is 2. The molecule has 32 heavy (non-hydrogen) atoms. The summed E-state index contributed by atoms with van der Waals surface area (Å²) >= 11 is 0. The fraction of sp³-hybridized carbons (Fsp3) is 0.148. The molecule has 0 bridgehead atoms. The van der Waals surface area contributed by atoms with Crippen molar-refractivity contribution in [1.29, 1.82) is 0 Å². The van der Waals surface area contributed by atoms with Gasteiger partial charge in [0.25, 0.3) is 5.91 Å². The quantitative estimate of drug-likeness (QED) is 0.448. The molecule has 0 saturated carbocycles. The summed E-state index contributed by atoms with van der Waals surface area (Å²) in [5.74, 6) is -0.191. The number of fused-ring (bicyclic) bond motifs is 3. The Morgan fingerprint density at radius 2 is 1.59 bits per heavy atom. The first kappa shape index (κ1) is 19.9. The van der Waals surface area contributed by atoms with Crippen LogP contribution in [-0.2, 0) is 6.42 Å². The summed E-state index contributed by atoms with van der Waals surface area (Å²) in [5.41, 5.74) is 7.87. The van der Waals surface area contributed by atoms with E-state index in [1.54, 1.807) is 12.1 Å². The minimum absolute atomic E-state index is 0.0204. The van der Waals surface area contributed by atoms with Crippen molar-refractivity contribution >= 4 is 11.7 Å². The highest BCUT2D eigenvalue weighted by Crippen LogP contribution is 2.36. The van der Waals surface area contributed by atoms with Crippen molar-refractivity contribution in [2.75, 3.05) is 6.54 Å². The van der Waals surface area contributed by atoms with Crippen LogP contribution in [-0.4, -0.2) is 28.0 Å². The highest BCUT2D eigenvalue weighted by Gasteiger charge is 2.26. The highest BCUT2D eigenvalue weighted by atomic mass is 16.1. The lowest BCUT2D eigenvalue weighted by Crippen LogP contribution is -2.25. The molecule has 0 saturated heterocycles. The molecule has 158 valence electrons. The Morgan fingerprint density at radius 3 is 2.31 bits per heavy atom. The van der Waals surface area contributed by atoms with E-state index in [0.717, 1.165) is 40.2 Å². The predicted octanol–water partition coefficient (Wildman–Crippen LogP) is 4.67. The Kier molecular flexibility index (Phi) is 4.94. The Balaban J connectivity index is 1.22. The second-order valence-corrected chi connectivity index (χ2v) is 8.15. The summed E-state index contributed by atoms with van der Waals surface area (Å²) in [6.45, 7) is 4.54. The minimum Gasteiger partial charge on any atom is -0.352 e. The van der Waals surface area contributed by atoms with Crippen molar-refractivity contribution in [3.8, 4) is 16.8 Å². The fourth-order valence-electron chi connectivity index (χ4n) is 4.29. The third kappa shape index (κ3) is 3.52. The van der Waals surface area contributed by atoms with Gasteiger partial charge in [-0.3, -0.25) is 9.59 Å². The van der Waals surface area contributed by atoms with Crippen LogP contribution in [0.15, 0.2) is 72.8 Å². The van der Waals surface area contributed by atoms with Gasteiger partial charge in [-0.25, -0.2) is 4.68 Å². The lowest BCUT2D eigenvalue weighted by molar-refractivity contribution is 0.0954. The summed E-state index contributed by atoms with van der Waals surface area (Å²) in [6.07, 6.45) is 0.721. The van der Waals surface area contributed by atoms with E-state index < -0.39 is 0 Å². The minimum atomic E-state index is -0.171. The number of ketones is 1. The van der Waals surface area contributed by atoms with E-state index in [4.69, 9.17) is 0 Å². The molecule has 0 fully saturated rings. The molecule has 0 radical (unpaired) electrons. The number of amides is 1. The Hall–Kier alpha value is -3.99. The number of carbonyl (C=O) groups is 2. The normalized spacial score (nSPS) is 11.9. The van der Waals surface area contributed by atoms with Crippen molar-refractivity contribution < 1.29 is 9.59 Å². The topological polar surface area (TPSA) is 64.0 Å². The number of carbonyl (C=O) groups excluding carboxylic acids is 2. The van der Waals surface area contributed by atoms with Gasteiger partial charge in [0.2, 0.25) is 0 Å². The van der Waals surface area contributed by atoms with Crippen LogP contribution in [0.3, 0.4) is 0 Å². The zero-order valence-corrected chi connectivity index (χ0v) is 18.1. The Labute approximate surface area is 186 Å². The second kappa shape index (κ2) is 7.93. The average molecular weight is 422 g/mol. The third-order valence-electron chi connectivity index (χ3n) is 5.88. The number of hydrogen-bond acceptors (Lipinski definition) is 3. The highest BCUT2D eigenvalue weighted by molar-refractivity contribution is 6.22. The van der Waals surface area contributed by atoms with Gasteiger partial charge in [-0.15, -0.1) is 0 Å². The molecule has 5 heteroatoms. The molecule has 5 nitrogen and oxygen atoms in total. The van der Waals surface area contributed by atoms with E-state index in [0.29, 0.717) is 23.2 Å². The molecular weight excluding hydrogens is 398 g/mol. The van der Waals surface area contributed by atoms with Gasteiger partial charge in [-0.2, -0.15) is 5.10 Å². The molecule has 1 aliphatic rings. The Bertz CT molecular complexity index is 1350. The van der Waals surface area contributed by atoms with E-state index in [1.165, 1.54) is 0 Å². The Morgan fingerprint density at radius 1 is 0.875 bits per heavy atom. The fourth-order valence-corrected chi connectivity index (χ4v) is 4.29. The maximum atomic E-state index is 12.7. The molecule has 4 aromatic rings. The molecule has 0 atom stereocenters. The van der Waals surface area contributed by atoms with Gasteiger partial charge in [0.05, 0.1) is 11.4 Å². The lowest BCUT2D eigenvalue weighted by Gasteiger charge is -2.08. The smallest absolute Gasteiger partial charge is 0.251 e. The summed E-state index contributed by atoms with van der Waals surface area (Å²) in [6, 6.07) is 23.2. The SMILES string of the molecule is Cc1cc(C)n(-c2ccc(CCNC(=O)c3ccc4c(c3)C(=O)c3ccccc3-4)cc2)n1. The third-order valence-corrected chi connectivity index (χ3v) is 5.88. The summed E-state index contributed by atoms with van der Waals surface area (Å²) in [5, 5.41) is 7.47. The molecule has 3 aromatic carbocycles. The largest absolute Gasteiger partial charge is 0.352 e. The molecule has 0 unspecified atom stereocenters. The number of nitrogens with zero attached hydrogens (tertiary/aromatic N) is 2. The van der Waals surface area contributed by atoms with Crippen LogP contribution in [0.1, 0.15) is 43.2 Å². The summed E-state index contributed by atoms with van der Waals surface area (Å²) < 4.78 is 1.92. The van der Waals surface area contributed by atoms with Crippen LogP contribution in [0.25, 0.3) is 16.8 Å². The average Bonchev–Trinajstić information content (AvgIpc) is 3.30. The van der Waals surface area contributed by atoms with E-state index >= 15 is 0 Å². The number of aromatic nitrogens is 2. The van der Waals surface area contributed by atoms with Gasteiger partial charge in [0, 0.05) is 28.9 Å². The van der Waals surface area contributed by atoms with Crippen molar-refractivity contribution in [2.24, 2.45) is 0 Å². The zero-order valence-electron chi connectivity index (χ0n) is 18.1. The summed E-state index contributed by atoms with van der Waals surface area (Å²) in [7, 11) is 0. The van der Waals surface area contributed by atoms with E-state index in [9.17, 15) is 9.59 Å². The molecule has 1 heterocycles. The molecule has 1 amide bonds. The van der Waals surface area contributed by atoms with Crippen LogP contribution >= 0.6 is 0 Å². The number of nitrogens with one attached hydrogen (secondary N) is 1. The summed E-state index contributed by atoms with van der Waals surface area (Å²) in [4.78, 5) is 25.3. The molecule has 5 rings (SSSR count). The number of benzene rings is 3. The lowest BCUT2D eigenvalue weighted by atomic mass is 10.0. The molecular formula is C27H23N3O2. The van der Waals surface area contributed by atoms with Crippen LogP contribution in [0.5, 0.6) is 0 Å². The monoisotopic (exact) mass is 421 g/mol. The van der Waals surface area contributed by atoms with E-state index in [1.807, 2.05) is 61.0 Å². The first-order chi connectivity index (χ1) is 15.5. The van der Waals surface area contributed by atoms with Crippen molar-refractivity contribution in [3.05, 3.63) is 106 Å². The first-order valence-corrected chi connectivity index (χ1v) is 10.7. The van der Waals surface area contributed by atoms with Gasteiger partial charge >= 0.3 is 0 Å². The van der Waals surface area contributed by atoms with Crippen LogP contribution in [0.4, 0.5) is 0 Å². The molecule has 0 aliphatic heterocycles. The number of hydrogen-bond donors (Lipinski definition) is 1. The second-order valence-electron chi connectivity index (χ2n) is 8.15. The molecule has 1 aliphatic carbocycles. The maximum Gasteiger partial charge on any atom is 0.251 e. The van der Waals surface area contributed by atoms with Gasteiger partial charge in [0.1, 0.15) is 0 Å². The van der Waals surface area contributed by atoms with Gasteiger partial charge in [-0.1, -0.05) is 42.5 Å². The van der Waals surface area contributed by atoms with Gasteiger partial charge in [0.15, 0.2) is 5.78 Å². The van der Waals surface area contributed by atoms with Gasteiger partial charge < -0.3 is 5.32 Å². The van der Waals surface area contributed by atoms with Crippen molar-refractivity contribution in [1.82, 2.24) is 15.1 Å². The van der Waals surface area contributed by atoms with Crippen molar-refractivity contribution in [2.45, 2.75) is 20.3 Å². The molecule has 1 aromatic heterocycles. The number of rotatable bonds is 5. The maximum absolute atomic E-state index is 12.7. The molecule has 1 N–H and O–H groups in total. The van der Waals surface area contributed by atoms with Crippen LogP contribution in [0, 0.1) is 13.8 Å². The first-order valence-electron chi connectivity index (χ1n) is 10.7.